The van der Waals surface area contributed by atoms with Crippen LogP contribution in [0.1, 0.15) is 44.5 Å². The summed E-state index contributed by atoms with van der Waals surface area (Å²) in [6.45, 7) is 2.39. The van der Waals surface area contributed by atoms with Crippen molar-refractivity contribution < 1.29 is 18.5 Å². The van der Waals surface area contributed by atoms with Crippen molar-refractivity contribution in [2.24, 2.45) is 5.92 Å². The number of carbonyl (C=O) groups excluding carboxylic acids is 2. The van der Waals surface area contributed by atoms with Crippen LogP contribution in [-0.4, -0.2) is 39.4 Å². The summed E-state index contributed by atoms with van der Waals surface area (Å²) in [4.78, 5) is 31.0. The van der Waals surface area contributed by atoms with E-state index in [9.17, 15) is 14.0 Å². The van der Waals surface area contributed by atoms with Crippen molar-refractivity contribution in [3.63, 3.8) is 0 Å². The number of rotatable bonds is 5. The smallest absolute Gasteiger partial charge is 0.249 e. The van der Waals surface area contributed by atoms with Gasteiger partial charge in [-0.15, -0.1) is 0 Å². The summed E-state index contributed by atoms with van der Waals surface area (Å²) in [5.74, 6) is 0.250. The Kier molecular flexibility index (Phi) is 4.63. The molecule has 2 aromatic rings. The van der Waals surface area contributed by atoms with Gasteiger partial charge < -0.3 is 14.7 Å². The van der Waals surface area contributed by atoms with E-state index in [1.54, 1.807) is 24.0 Å². The van der Waals surface area contributed by atoms with E-state index in [1.165, 1.54) is 12.1 Å². The molecule has 142 valence electrons. The van der Waals surface area contributed by atoms with E-state index in [0.717, 1.165) is 19.3 Å². The van der Waals surface area contributed by atoms with Gasteiger partial charge in [0, 0.05) is 18.0 Å². The predicted octanol–water partition coefficient (Wildman–Crippen LogP) is 2.45. The first-order valence-corrected chi connectivity index (χ1v) is 9.23. The Morgan fingerprint density at radius 1 is 1.26 bits per heavy atom. The van der Waals surface area contributed by atoms with Crippen LogP contribution in [0.15, 0.2) is 28.8 Å². The minimum Gasteiger partial charge on any atom is -0.343 e. The van der Waals surface area contributed by atoms with Crippen LogP contribution in [0.3, 0.4) is 0 Å². The van der Waals surface area contributed by atoms with Gasteiger partial charge in [-0.2, -0.15) is 4.98 Å². The Bertz CT molecular complexity index is 847. The van der Waals surface area contributed by atoms with Crippen LogP contribution in [0.2, 0.25) is 0 Å². The number of aromatic nitrogens is 2. The molecule has 1 aliphatic heterocycles. The van der Waals surface area contributed by atoms with E-state index < -0.39 is 12.1 Å². The third-order valence-electron chi connectivity index (χ3n) is 5.04. The van der Waals surface area contributed by atoms with E-state index in [0.29, 0.717) is 24.4 Å². The Hall–Kier alpha value is -2.77. The molecule has 1 saturated carbocycles. The number of halogens is 1. The van der Waals surface area contributed by atoms with Crippen molar-refractivity contribution in [2.75, 3.05) is 6.54 Å². The molecule has 1 saturated heterocycles. The zero-order valence-electron chi connectivity index (χ0n) is 15.0. The molecule has 2 amide bonds. The van der Waals surface area contributed by atoms with Crippen molar-refractivity contribution in [3.05, 3.63) is 36.0 Å². The number of amides is 2. The molecule has 1 aromatic heterocycles. The lowest BCUT2D eigenvalue weighted by molar-refractivity contribution is -0.139. The van der Waals surface area contributed by atoms with E-state index in [2.05, 4.69) is 15.5 Å². The summed E-state index contributed by atoms with van der Waals surface area (Å²) < 4.78 is 18.3. The monoisotopic (exact) mass is 372 g/mol. The van der Waals surface area contributed by atoms with Gasteiger partial charge in [-0.05, 0) is 56.9 Å². The Morgan fingerprint density at radius 3 is 2.70 bits per heavy atom. The highest BCUT2D eigenvalue weighted by atomic mass is 19.1. The zero-order chi connectivity index (χ0) is 19.0. The molecule has 8 heteroatoms. The number of nitrogens with zero attached hydrogens (tertiary/aromatic N) is 3. The lowest BCUT2D eigenvalue weighted by atomic mass is 10.2. The molecule has 0 spiro atoms. The molecule has 1 aromatic carbocycles. The minimum atomic E-state index is -0.488. The van der Waals surface area contributed by atoms with Crippen LogP contribution in [0, 0.1) is 11.7 Å². The fourth-order valence-corrected chi connectivity index (χ4v) is 3.37. The second-order valence-electron chi connectivity index (χ2n) is 7.16. The van der Waals surface area contributed by atoms with E-state index in [1.807, 2.05) is 0 Å². The molecule has 2 unspecified atom stereocenters. The number of hydrogen-bond donors (Lipinski definition) is 1. The van der Waals surface area contributed by atoms with Crippen LogP contribution in [0.4, 0.5) is 4.39 Å². The van der Waals surface area contributed by atoms with Gasteiger partial charge in [-0.25, -0.2) is 4.39 Å². The standard InChI is InChI=1S/C19H21FN4O3/c1-11(18-22-16(23-27-18)12-6-8-14(20)9-7-12)21-17(25)15-3-2-10-24(15)19(26)13-4-5-13/h6-9,11,13,15H,2-5,10H2,1H3,(H,21,25). The third kappa shape index (κ3) is 3.70. The topological polar surface area (TPSA) is 88.3 Å². The van der Waals surface area contributed by atoms with Crippen molar-refractivity contribution >= 4 is 11.8 Å². The number of benzene rings is 1. The maximum atomic E-state index is 13.0. The second-order valence-corrected chi connectivity index (χ2v) is 7.16. The maximum absolute atomic E-state index is 13.0. The minimum absolute atomic E-state index is 0.0942. The van der Waals surface area contributed by atoms with Crippen molar-refractivity contribution in [1.82, 2.24) is 20.4 Å². The molecule has 7 nitrogen and oxygen atoms in total. The molecule has 2 aliphatic rings. The number of hydrogen-bond acceptors (Lipinski definition) is 5. The van der Waals surface area contributed by atoms with E-state index in [-0.39, 0.29) is 29.4 Å². The van der Waals surface area contributed by atoms with E-state index in [4.69, 9.17) is 4.52 Å². The molecule has 1 N–H and O–H groups in total. The van der Waals surface area contributed by atoms with Gasteiger partial charge in [0.1, 0.15) is 17.9 Å². The first-order chi connectivity index (χ1) is 13.0. The molecule has 1 aliphatic carbocycles. The summed E-state index contributed by atoms with van der Waals surface area (Å²) in [6.07, 6.45) is 3.35. The normalized spacial score (nSPS) is 20.5. The van der Waals surface area contributed by atoms with E-state index >= 15 is 0 Å². The van der Waals surface area contributed by atoms with Crippen LogP contribution in [-0.2, 0) is 9.59 Å². The zero-order valence-corrected chi connectivity index (χ0v) is 15.0. The molecule has 2 atom stereocenters. The Morgan fingerprint density at radius 2 is 2.00 bits per heavy atom. The molecule has 27 heavy (non-hydrogen) atoms. The first kappa shape index (κ1) is 17.6. The number of carbonyl (C=O) groups is 2. The van der Waals surface area contributed by atoms with Crippen LogP contribution >= 0.6 is 0 Å². The van der Waals surface area contributed by atoms with Crippen molar-refractivity contribution in [3.8, 4) is 11.4 Å². The molecular weight excluding hydrogens is 351 g/mol. The summed E-state index contributed by atoms with van der Waals surface area (Å²) in [6, 6.07) is 4.85. The van der Waals surface area contributed by atoms with Gasteiger partial charge in [-0.1, -0.05) is 5.16 Å². The van der Waals surface area contributed by atoms with Crippen LogP contribution in [0.25, 0.3) is 11.4 Å². The van der Waals surface area contributed by atoms with Crippen LogP contribution in [0.5, 0.6) is 0 Å². The maximum Gasteiger partial charge on any atom is 0.249 e. The van der Waals surface area contributed by atoms with Gasteiger partial charge >= 0.3 is 0 Å². The Balaban J connectivity index is 1.41. The number of likely N-dealkylation sites (tertiary alicyclic amines) is 1. The predicted molar refractivity (Wildman–Crippen MR) is 93.7 cm³/mol. The van der Waals surface area contributed by atoms with Gasteiger partial charge in [-0.3, -0.25) is 9.59 Å². The fourth-order valence-electron chi connectivity index (χ4n) is 3.37. The summed E-state index contributed by atoms with van der Waals surface area (Å²) in [7, 11) is 0. The lowest BCUT2D eigenvalue weighted by Crippen LogP contribution is -2.47. The van der Waals surface area contributed by atoms with Crippen LogP contribution < -0.4 is 5.32 Å². The third-order valence-corrected chi connectivity index (χ3v) is 5.04. The lowest BCUT2D eigenvalue weighted by Gasteiger charge is -2.24. The highest BCUT2D eigenvalue weighted by Gasteiger charge is 2.41. The van der Waals surface area contributed by atoms with Crippen molar-refractivity contribution in [1.29, 1.82) is 0 Å². The SMILES string of the molecule is CC(NC(=O)C1CCCN1C(=O)C1CC1)c1nc(-c2ccc(F)cc2)no1. The second kappa shape index (κ2) is 7.09. The molecular formula is C19H21FN4O3. The first-order valence-electron chi connectivity index (χ1n) is 9.23. The summed E-state index contributed by atoms with van der Waals surface area (Å²) >= 11 is 0. The fraction of sp³-hybridized carbons (Fsp3) is 0.474. The molecule has 4 rings (SSSR count). The van der Waals surface area contributed by atoms with Crippen molar-refractivity contribution in [2.45, 2.75) is 44.7 Å². The number of nitrogens with one attached hydrogen (secondary N) is 1. The quantitative estimate of drug-likeness (QED) is 0.871. The molecule has 2 fully saturated rings. The average Bonchev–Trinajstić information content (AvgIpc) is 3.19. The summed E-state index contributed by atoms with van der Waals surface area (Å²) in [5.41, 5.74) is 0.627. The summed E-state index contributed by atoms with van der Waals surface area (Å²) in [5, 5.41) is 6.76. The van der Waals surface area contributed by atoms with Gasteiger partial charge in [0.2, 0.25) is 23.5 Å². The van der Waals surface area contributed by atoms with Gasteiger partial charge in [0.05, 0.1) is 0 Å². The largest absolute Gasteiger partial charge is 0.343 e. The van der Waals surface area contributed by atoms with Gasteiger partial charge in [0.15, 0.2) is 0 Å². The highest BCUT2D eigenvalue weighted by molar-refractivity contribution is 5.90. The molecule has 2 heterocycles. The molecule has 0 bridgehead atoms. The Labute approximate surface area is 155 Å². The highest BCUT2D eigenvalue weighted by Crippen LogP contribution is 2.33. The average molecular weight is 372 g/mol. The molecule has 0 radical (unpaired) electrons. The van der Waals surface area contributed by atoms with Gasteiger partial charge in [0.25, 0.3) is 0 Å².